The van der Waals surface area contributed by atoms with E-state index in [-0.39, 0.29) is 18.5 Å². The molecule has 1 aliphatic heterocycles. The predicted octanol–water partition coefficient (Wildman–Crippen LogP) is 2.48. The number of hydrogen-bond acceptors (Lipinski definition) is 2. The van der Waals surface area contributed by atoms with E-state index in [1.165, 1.54) is 18.2 Å². The summed E-state index contributed by atoms with van der Waals surface area (Å²) in [5, 5.41) is 2.57. The van der Waals surface area contributed by atoms with Gasteiger partial charge in [0.15, 0.2) is 5.78 Å². The molecule has 1 unspecified atom stereocenters. The molecule has 0 aromatic heterocycles. The molecule has 19 heavy (non-hydrogen) atoms. The van der Waals surface area contributed by atoms with Crippen LogP contribution in [-0.2, 0) is 11.2 Å². The molecule has 2 rings (SSSR count). The maximum absolute atomic E-state index is 13.4. The molecule has 1 aliphatic rings. The van der Waals surface area contributed by atoms with Crippen molar-refractivity contribution in [1.29, 1.82) is 0 Å². The number of rotatable bonds is 3. The van der Waals surface area contributed by atoms with E-state index in [1.807, 2.05) is 0 Å². The first-order chi connectivity index (χ1) is 8.87. The van der Waals surface area contributed by atoms with Crippen LogP contribution >= 0.6 is 0 Å². The van der Waals surface area contributed by atoms with Gasteiger partial charge in [0.05, 0.1) is 0 Å². The Labute approximate surface area is 107 Å². The molecule has 0 saturated carbocycles. The number of benzene rings is 1. The summed E-state index contributed by atoms with van der Waals surface area (Å²) in [5.74, 6) is -1.63. The van der Waals surface area contributed by atoms with Crippen LogP contribution in [0.3, 0.4) is 0 Å². The molecular weight excluding hydrogens is 262 g/mol. The minimum atomic E-state index is -4.61. The van der Waals surface area contributed by atoms with Gasteiger partial charge >= 0.3 is 6.18 Å². The van der Waals surface area contributed by atoms with Gasteiger partial charge in [-0.3, -0.25) is 4.79 Å². The Bertz CT molecular complexity index is 478. The Kier molecular flexibility index (Phi) is 3.62. The molecule has 1 aromatic carbocycles. The molecule has 0 spiro atoms. The summed E-state index contributed by atoms with van der Waals surface area (Å²) in [6.45, 7) is -0.285. The highest BCUT2D eigenvalue weighted by atomic mass is 19.4. The molecular formula is C13H13F4NO. The zero-order valence-corrected chi connectivity index (χ0v) is 10.1. The van der Waals surface area contributed by atoms with Crippen molar-refractivity contribution in [3.63, 3.8) is 0 Å². The van der Waals surface area contributed by atoms with Crippen molar-refractivity contribution < 1.29 is 22.4 Å². The van der Waals surface area contributed by atoms with E-state index in [1.54, 1.807) is 0 Å². The van der Waals surface area contributed by atoms with Gasteiger partial charge < -0.3 is 5.32 Å². The first kappa shape index (κ1) is 14.0. The van der Waals surface area contributed by atoms with Crippen LogP contribution in [0.2, 0.25) is 0 Å². The second kappa shape index (κ2) is 4.92. The summed E-state index contributed by atoms with van der Waals surface area (Å²) in [6, 6.07) is 5.40. The van der Waals surface area contributed by atoms with E-state index in [4.69, 9.17) is 0 Å². The quantitative estimate of drug-likeness (QED) is 0.859. The van der Waals surface area contributed by atoms with Crippen LogP contribution in [0, 0.1) is 11.2 Å². The number of Topliss-reactive ketones (excluding diaryl/α,β-unsaturated/α-hetero) is 1. The van der Waals surface area contributed by atoms with Crippen LogP contribution in [-0.4, -0.2) is 25.0 Å². The van der Waals surface area contributed by atoms with Gasteiger partial charge in [-0.15, -0.1) is 0 Å². The lowest BCUT2D eigenvalue weighted by atomic mass is 9.79. The molecule has 0 aliphatic carbocycles. The summed E-state index contributed by atoms with van der Waals surface area (Å²) in [5.41, 5.74) is -2.38. The molecule has 1 atom stereocenters. The van der Waals surface area contributed by atoms with Gasteiger partial charge in [-0.05, 0) is 24.6 Å². The number of nitrogens with one attached hydrogen (secondary N) is 1. The average molecular weight is 275 g/mol. The zero-order chi connectivity index (χ0) is 14.1. The fourth-order valence-electron chi connectivity index (χ4n) is 2.31. The molecule has 1 heterocycles. The van der Waals surface area contributed by atoms with Gasteiger partial charge in [-0.25, -0.2) is 4.39 Å². The zero-order valence-electron chi connectivity index (χ0n) is 10.1. The fourth-order valence-corrected chi connectivity index (χ4v) is 2.31. The van der Waals surface area contributed by atoms with Crippen LogP contribution in [0.5, 0.6) is 0 Å². The molecule has 0 bridgehead atoms. The summed E-state index contributed by atoms with van der Waals surface area (Å²) in [6.07, 6.45) is -5.43. The van der Waals surface area contributed by atoms with E-state index in [0.29, 0.717) is 0 Å². The van der Waals surface area contributed by atoms with Crippen LogP contribution in [0.1, 0.15) is 12.0 Å². The van der Waals surface area contributed by atoms with Gasteiger partial charge in [0.2, 0.25) is 0 Å². The molecule has 1 N–H and O–H groups in total. The standard InChI is InChI=1S/C13H13F4NO/c14-10-4-2-1-3-9(10)7-11(19)12(13(15,16)17)5-6-18-8-12/h1-4,18H,5-8H2. The molecule has 0 radical (unpaired) electrons. The number of ketones is 1. The summed E-state index contributed by atoms with van der Waals surface area (Å²) in [7, 11) is 0. The molecule has 0 amide bonds. The van der Waals surface area contributed by atoms with Gasteiger partial charge in [-0.1, -0.05) is 18.2 Å². The number of alkyl halides is 3. The van der Waals surface area contributed by atoms with Crippen molar-refractivity contribution in [3.05, 3.63) is 35.6 Å². The SMILES string of the molecule is O=C(Cc1ccccc1F)C1(C(F)(F)F)CCNC1. The first-order valence-corrected chi connectivity index (χ1v) is 5.91. The number of halogens is 4. The Morgan fingerprint density at radius 3 is 2.53 bits per heavy atom. The maximum atomic E-state index is 13.4. The van der Waals surface area contributed by atoms with Crippen molar-refractivity contribution in [2.45, 2.75) is 19.0 Å². The second-order valence-corrected chi connectivity index (χ2v) is 4.70. The first-order valence-electron chi connectivity index (χ1n) is 5.91. The van der Waals surface area contributed by atoms with Crippen molar-refractivity contribution in [2.24, 2.45) is 5.41 Å². The second-order valence-electron chi connectivity index (χ2n) is 4.70. The molecule has 104 valence electrons. The molecule has 6 heteroatoms. The van der Waals surface area contributed by atoms with Crippen LogP contribution in [0.25, 0.3) is 0 Å². The van der Waals surface area contributed by atoms with Gasteiger partial charge in [-0.2, -0.15) is 13.2 Å². The maximum Gasteiger partial charge on any atom is 0.402 e. The summed E-state index contributed by atoms with van der Waals surface area (Å²) < 4.78 is 52.8. The third-order valence-electron chi connectivity index (χ3n) is 3.54. The van der Waals surface area contributed by atoms with Gasteiger partial charge in [0, 0.05) is 13.0 Å². The molecule has 1 fully saturated rings. The van der Waals surface area contributed by atoms with Crippen LogP contribution in [0.4, 0.5) is 17.6 Å². The third-order valence-corrected chi connectivity index (χ3v) is 3.54. The normalized spacial score (nSPS) is 23.6. The van der Waals surface area contributed by atoms with E-state index in [2.05, 4.69) is 5.32 Å². The average Bonchev–Trinajstić information content (AvgIpc) is 2.82. The molecule has 1 saturated heterocycles. The number of carbonyl (C=O) groups excluding carboxylic acids is 1. The monoisotopic (exact) mass is 275 g/mol. The smallest absolute Gasteiger partial charge is 0.315 e. The number of hydrogen-bond donors (Lipinski definition) is 1. The fraction of sp³-hybridized carbons (Fsp3) is 0.462. The highest BCUT2D eigenvalue weighted by Crippen LogP contribution is 2.44. The lowest BCUT2D eigenvalue weighted by molar-refractivity contribution is -0.214. The number of carbonyl (C=O) groups is 1. The minimum Gasteiger partial charge on any atom is -0.315 e. The predicted molar refractivity (Wildman–Crippen MR) is 61.1 cm³/mol. The van der Waals surface area contributed by atoms with Crippen LogP contribution < -0.4 is 5.32 Å². The van der Waals surface area contributed by atoms with E-state index in [9.17, 15) is 22.4 Å². The Balaban J connectivity index is 2.25. The topological polar surface area (TPSA) is 29.1 Å². The molecule has 2 nitrogen and oxygen atoms in total. The summed E-state index contributed by atoms with van der Waals surface area (Å²) in [4.78, 5) is 12.0. The van der Waals surface area contributed by atoms with Crippen molar-refractivity contribution in [2.75, 3.05) is 13.1 Å². The van der Waals surface area contributed by atoms with Gasteiger partial charge in [0.1, 0.15) is 11.2 Å². The highest BCUT2D eigenvalue weighted by Gasteiger charge is 2.60. The Hall–Kier alpha value is -1.43. The highest BCUT2D eigenvalue weighted by molar-refractivity contribution is 5.88. The van der Waals surface area contributed by atoms with E-state index in [0.717, 1.165) is 6.07 Å². The van der Waals surface area contributed by atoms with Crippen molar-refractivity contribution in [1.82, 2.24) is 5.32 Å². The Morgan fingerprint density at radius 2 is 2.00 bits per heavy atom. The Morgan fingerprint density at radius 1 is 1.32 bits per heavy atom. The molecule has 1 aromatic rings. The summed E-state index contributed by atoms with van der Waals surface area (Å²) >= 11 is 0. The van der Waals surface area contributed by atoms with Gasteiger partial charge in [0.25, 0.3) is 0 Å². The van der Waals surface area contributed by atoms with E-state index < -0.39 is 36.2 Å². The van der Waals surface area contributed by atoms with E-state index >= 15 is 0 Å². The third kappa shape index (κ3) is 2.49. The lowest BCUT2D eigenvalue weighted by Gasteiger charge is -2.29. The van der Waals surface area contributed by atoms with Crippen molar-refractivity contribution >= 4 is 5.78 Å². The largest absolute Gasteiger partial charge is 0.402 e. The lowest BCUT2D eigenvalue weighted by Crippen LogP contribution is -2.47. The van der Waals surface area contributed by atoms with Crippen molar-refractivity contribution in [3.8, 4) is 0 Å². The minimum absolute atomic E-state index is 0.00280. The van der Waals surface area contributed by atoms with Crippen LogP contribution in [0.15, 0.2) is 24.3 Å².